The van der Waals surface area contributed by atoms with Crippen LogP contribution in [-0.4, -0.2) is 11.7 Å². The molecule has 0 bridgehead atoms. The molecule has 0 amide bonds. The molecule has 0 aliphatic rings. The molecule has 0 aliphatic heterocycles. The predicted molar refractivity (Wildman–Crippen MR) is 121 cm³/mol. The van der Waals surface area contributed by atoms with Crippen LogP contribution in [0.3, 0.4) is 0 Å². The molecule has 146 valence electrons. The molecular formula is C24H21ClN2OS. The summed E-state index contributed by atoms with van der Waals surface area (Å²) in [5.74, 6) is 0.824. The third-order valence-electron chi connectivity index (χ3n) is 4.70. The van der Waals surface area contributed by atoms with Gasteiger partial charge in [0.05, 0.1) is 25.0 Å². The van der Waals surface area contributed by atoms with Crippen LogP contribution >= 0.6 is 22.9 Å². The molecule has 3 nitrogen and oxygen atoms in total. The highest BCUT2D eigenvalue weighted by Gasteiger charge is 2.09. The number of benzene rings is 3. The second kappa shape index (κ2) is 8.68. The van der Waals surface area contributed by atoms with Crippen LogP contribution in [0.2, 0.25) is 5.02 Å². The van der Waals surface area contributed by atoms with E-state index in [1.54, 1.807) is 18.4 Å². The monoisotopic (exact) mass is 420 g/mol. The highest BCUT2D eigenvalue weighted by molar-refractivity contribution is 7.07. The van der Waals surface area contributed by atoms with Gasteiger partial charge in [-0.2, -0.15) is 0 Å². The standard InChI is InChI=1S/C24H21ClN2OS/c1-17-3-5-18(6-4-17)15-27-23(19-7-9-20(25)10-8-19)16-29-24(27)26-21-11-13-22(28-2)14-12-21/h3-14,16H,15H2,1-2H3. The molecule has 1 aromatic heterocycles. The SMILES string of the molecule is COc1ccc(N=c2scc(-c3ccc(Cl)cc3)n2Cc2ccc(C)cc2)cc1. The van der Waals surface area contributed by atoms with E-state index >= 15 is 0 Å². The van der Waals surface area contributed by atoms with Gasteiger partial charge in [-0.25, -0.2) is 4.99 Å². The largest absolute Gasteiger partial charge is 0.497 e. The first kappa shape index (κ1) is 19.5. The number of methoxy groups -OCH3 is 1. The van der Waals surface area contributed by atoms with E-state index in [9.17, 15) is 0 Å². The predicted octanol–water partition coefficient (Wildman–Crippen LogP) is 6.47. The van der Waals surface area contributed by atoms with Gasteiger partial charge in [-0.15, -0.1) is 11.3 Å². The Hall–Kier alpha value is -2.82. The summed E-state index contributed by atoms with van der Waals surface area (Å²) >= 11 is 7.72. The Balaban J connectivity index is 1.80. The lowest BCUT2D eigenvalue weighted by molar-refractivity contribution is 0.415. The van der Waals surface area contributed by atoms with Crippen molar-refractivity contribution in [1.29, 1.82) is 0 Å². The van der Waals surface area contributed by atoms with Gasteiger partial charge in [0.1, 0.15) is 5.75 Å². The Kier molecular flexibility index (Phi) is 5.84. The van der Waals surface area contributed by atoms with E-state index in [0.29, 0.717) is 0 Å². The number of aromatic nitrogens is 1. The van der Waals surface area contributed by atoms with E-state index in [-0.39, 0.29) is 0 Å². The Labute approximate surface area is 179 Å². The smallest absolute Gasteiger partial charge is 0.190 e. The molecular weight excluding hydrogens is 400 g/mol. The fourth-order valence-electron chi connectivity index (χ4n) is 3.07. The number of ether oxygens (including phenoxy) is 1. The van der Waals surface area contributed by atoms with Gasteiger partial charge in [0.15, 0.2) is 4.80 Å². The van der Waals surface area contributed by atoms with Crippen molar-refractivity contribution in [2.45, 2.75) is 13.5 Å². The molecule has 0 atom stereocenters. The van der Waals surface area contributed by atoms with Crippen LogP contribution in [0.4, 0.5) is 5.69 Å². The molecule has 5 heteroatoms. The molecule has 0 saturated heterocycles. The summed E-state index contributed by atoms with van der Waals surface area (Å²) in [6.07, 6.45) is 0. The van der Waals surface area contributed by atoms with Crippen molar-refractivity contribution < 1.29 is 4.74 Å². The van der Waals surface area contributed by atoms with E-state index < -0.39 is 0 Å². The van der Waals surface area contributed by atoms with Crippen molar-refractivity contribution in [1.82, 2.24) is 4.57 Å². The molecule has 1 heterocycles. The van der Waals surface area contributed by atoms with Gasteiger partial charge in [-0.05, 0) is 54.4 Å². The molecule has 0 aliphatic carbocycles. The van der Waals surface area contributed by atoms with Gasteiger partial charge in [-0.1, -0.05) is 53.6 Å². The van der Waals surface area contributed by atoms with Gasteiger partial charge in [0.25, 0.3) is 0 Å². The minimum absolute atomic E-state index is 0.734. The number of rotatable bonds is 5. The van der Waals surface area contributed by atoms with E-state index in [2.05, 4.69) is 41.1 Å². The lowest BCUT2D eigenvalue weighted by Crippen LogP contribution is -2.16. The maximum Gasteiger partial charge on any atom is 0.190 e. The number of aryl methyl sites for hydroxylation is 1. The Morgan fingerprint density at radius 1 is 0.931 bits per heavy atom. The van der Waals surface area contributed by atoms with Crippen LogP contribution in [0.25, 0.3) is 11.3 Å². The number of halogens is 1. The van der Waals surface area contributed by atoms with Crippen molar-refractivity contribution in [3.8, 4) is 17.0 Å². The Morgan fingerprint density at radius 3 is 2.28 bits per heavy atom. The molecule has 4 rings (SSSR count). The van der Waals surface area contributed by atoms with Crippen molar-refractivity contribution in [2.75, 3.05) is 7.11 Å². The van der Waals surface area contributed by atoms with Crippen LogP contribution < -0.4 is 9.54 Å². The Morgan fingerprint density at radius 2 is 1.62 bits per heavy atom. The summed E-state index contributed by atoms with van der Waals surface area (Å²) in [5, 5.41) is 2.89. The fraction of sp³-hybridized carbons (Fsp3) is 0.125. The van der Waals surface area contributed by atoms with E-state index in [4.69, 9.17) is 21.3 Å². The number of thiazole rings is 1. The quantitative estimate of drug-likeness (QED) is 0.363. The average molecular weight is 421 g/mol. The van der Waals surface area contributed by atoms with Gasteiger partial charge < -0.3 is 9.30 Å². The fourth-order valence-corrected chi connectivity index (χ4v) is 4.12. The van der Waals surface area contributed by atoms with Crippen LogP contribution in [0, 0.1) is 6.92 Å². The lowest BCUT2D eigenvalue weighted by atomic mass is 10.1. The van der Waals surface area contributed by atoms with Gasteiger partial charge in [0.2, 0.25) is 0 Å². The first-order chi connectivity index (χ1) is 14.1. The third-order valence-corrected chi connectivity index (χ3v) is 5.81. The van der Waals surface area contributed by atoms with Crippen LogP contribution in [0.1, 0.15) is 11.1 Å². The third kappa shape index (κ3) is 4.61. The zero-order chi connectivity index (χ0) is 20.2. The first-order valence-corrected chi connectivity index (χ1v) is 10.6. The zero-order valence-electron chi connectivity index (χ0n) is 16.3. The summed E-state index contributed by atoms with van der Waals surface area (Å²) in [4.78, 5) is 5.84. The maximum atomic E-state index is 6.09. The second-order valence-corrected chi connectivity index (χ2v) is 8.06. The zero-order valence-corrected chi connectivity index (χ0v) is 17.9. The van der Waals surface area contributed by atoms with Crippen LogP contribution in [-0.2, 0) is 6.54 Å². The molecule has 0 radical (unpaired) electrons. The minimum atomic E-state index is 0.734. The molecule has 4 aromatic rings. The molecule has 29 heavy (non-hydrogen) atoms. The molecule has 3 aromatic carbocycles. The Bertz CT molecular complexity index is 1160. The van der Waals surface area contributed by atoms with E-state index in [0.717, 1.165) is 39.1 Å². The topological polar surface area (TPSA) is 26.5 Å². The van der Waals surface area contributed by atoms with Crippen molar-refractivity contribution in [3.05, 3.63) is 99.1 Å². The van der Waals surface area contributed by atoms with E-state index in [1.807, 2.05) is 48.5 Å². The number of nitrogens with zero attached hydrogens (tertiary/aromatic N) is 2. The van der Waals surface area contributed by atoms with E-state index in [1.165, 1.54) is 11.1 Å². The van der Waals surface area contributed by atoms with Gasteiger partial charge in [0, 0.05) is 10.4 Å². The van der Waals surface area contributed by atoms with Gasteiger partial charge in [-0.3, -0.25) is 0 Å². The normalized spacial score (nSPS) is 11.6. The molecule has 0 N–H and O–H groups in total. The van der Waals surface area contributed by atoms with Crippen LogP contribution in [0.15, 0.2) is 83.2 Å². The van der Waals surface area contributed by atoms with Crippen molar-refractivity contribution in [3.63, 3.8) is 0 Å². The summed E-state index contributed by atoms with van der Waals surface area (Å²) in [5.41, 5.74) is 5.63. The maximum absolute atomic E-state index is 6.09. The summed E-state index contributed by atoms with van der Waals surface area (Å²) in [7, 11) is 1.67. The summed E-state index contributed by atoms with van der Waals surface area (Å²) in [6.45, 7) is 2.85. The minimum Gasteiger partial charge on any atom is -0.497 e. The van der Waals surface area contributed by atoms with Crippen LogP contribution in [0.5, 0.6) is 5.75 Å². The lowest BCUT2D eigenvalue weighted by Gasteiger charge is -2.10. The number of hydrogen-bond donors (Lipinski definition) is 0. The number of hydrogen-bond acceptors (Lipinski definition) is 3. The van der Waals surface area contributed by atoms with Crippen molar-refractivity contribution in [2.24, 2.45) is 4.99 Å². The molecule has 0 unspecified atom stereocenters. The highest BCUT2D eigenvalue weighted by atomic mass is 35.5. The molecule has 0 saturated carbocycles. The first-order valence-electron chi connectivity index (χ1n) is 9.31. The highest BCUT2D eigenvalue weighted by Crippen LogP contribution is 2.24. The molecule has 0 fully saturated rings. The average Bonchev–Trinajstić information content (AvgIpc) is 3.13. The van der Waals surface area contributed by atoms with Gasteiger partial charge >= 0.3 is 0 Å². The summed E-state index contributed by atoms with van der Waals surface area (Å²) in [6, 6.07) is 24.4. The summed E-state index contributed by atoms with van der Waals surface area (Å²) < 4.78 is 7.50. The molecule has 0 spiro atoms. The second-order valence-electron chi connectivity index (χ2n) is 6.79. The van der Waals surface area contributed by atoms with Crippen molar-refractivity contribution >= 4 is 28.6 Å².